The van der Waals surface area contributed by atoms with Crippen molar-refractivity contribution in [2.45, 2.75) is 72.1 Å². The van der Waals surface area contributed by atoms with E-state index in [0.717, 1.165) is 48.3 Å². The smallest absolute Gasteiger partial charge is 0.133 e. The molecule has 2 unspecified atom stereocenters. The van der Waals surface area contributed by atoms with Gasteiger partial charge < -0.3 is 9.47 Å². The number of ether oxygens (including phenoxy) is 2. The van der Waals surface area contributed by atoms with Crippen LogP contribution in [0.1, 0.15) is 76.8 Å². The van der Waals surface area contributed by atoms with Crippen LogP contribution in [0.25, 0.3) is 0 Å². The second-order valence-corrected chi connectivity index (χ2v) is 7.64. The van der Waals surface area contributed by atoms with Crippen molar-refractivity contribution < 1.29 is 14.3 Å². The molecule has 0 N–H and O–H groups in total. The van der Waals surface area contributed by atoms with Crippen LogP contribution in [0.3, 0.4) is 0 Å². The van der Waals surface area contributed by atoms with E-state index in [2.05, 4.69) is 31.7 Å². The molecule has 156 valence electrons. The average molecular weight is 387 g/mol. The molecule has 28 heavy (non-hydrogen) atoms. The highest BCUT2D eigenvalue weighted by molar-refractivity contribution is 5.80. The van der Waals surface area contributed by atoms with Crippen LogP contribution in [-0.2, 0) is 11.2 Å². The number of benzene rings is 1. The molecule has 0 heterocycles. The van der Waals surface area contributed by atoms with Crippen LogP contribution >= 0.6 is 0 Å². The van der Waals surface area contributed by atoms with Gasteiger partial charge in [-0.1, -0.05) is 37.5 Å². The largest absolute Gasteiger partial charge is 0.496 e. The van der Waals surface area contributed by atoms with Crippen molar-refractivity contribution in [1.82, 2.24) is 0 Å². The van der Waals surface area contributed by atoms with Gasteiger partial charge in [0.2, 0.25) is 0 Å². The molecule has 3 heteroatoms. The number of allylic oxidation sites excluding steroid dienone is 3. The van der Waals surface area contributed by atoms with E-state index in [1.54, 1.807) is 21.1 Å². The lowest BCUT2D eigenvalue weighted by Crippen LogP contribution is -2.20. The first kappa shape index (κ1) is 24.0. The number of unbranched alkanes of at least 4 members (excludes halogenated alkanes) is 2. The van der Waals surface area contributed by atoms with E-state index in [1.165, 1.54) is 18.4 Å². The van der Waals surface area contributed by atoms with Gasteiger partial charge >= 0.3 is 0 Å². The van der Waals surface area contributed by atoms with Crippen LogP contribution in [0.5, 0.6) is 11.5 Å². The predicted octanol–water partition coefficient (Wildman–Crippen LogP) is 6.66. The molecule has 0 spiro atoms. The highest BCUT2D eigenvalue weighted by Crippen LogP contribution is 2.43. The quantitative estimate of drug-likeness (QED) is 0.281. The molecule has 0 aliphatic heterocycles. The molecule has 0 aliphatic rings. The second kappa shape index (κ2) is 12.4. The first-order valence-corrected chi connectivity index (χ1v) is 10.4. The molecule has 0 fully saturated rings. The third-order valence-electron chi connectivity index (χ3n) is 5.24. The lowest BCUT2D eigenvalue weighted by atomic mass is 9.79. The van der Waals surface area contributed by atoms with Gasteiger partial charge in [0.25, 0.3) is 0 Å². The second-order valence-electron chi connectivity index (χ2n) is 7.64. The van der Waals surface area contributed by atoms with Crippen molar-refractivity contribution in [3.8, 4) is 11.5 Å². The maximum Gasteiger partial charge on any atom is 0.133 e. The molecule has 0 saturated heterocycles. The van der Waals surface area contributed by atoms with E-state index >= 15 is 0 Å². The molecule has 3 nitrogen and oxygen atoms in total. The van der Waals surface area contributed by atoms with Gasteiger partial charge in [-0.15, -0.1) is 6.58 Å². The maximum absolute atomic E-state index is 12.5. The normalized spacial score (nSPS) is 13.4. The number of hydrogen-bond donors (Lipinski definition) is 0. The van der Waals surface area contributed by atoms with Gasteiger partial charge in [-0.25, -0.2) is 0 Å². The average Bonchev–Trinajstić information content (AvgIpc) is 2.66. The van der Waals surface area contributed by atoms with Gasteiger partial charge in [0, 0.05) is 17.4 Å². The monoisotopic (exact) mass is 386 g/mol. The van der Waals surface area contributed by atoms with Crippen LogP contribution in [0.2, 0.25) is 0 Å². The van der Waals surface area contributed by atoms with Gasteiger partial charge in [-0.3, -0.25) is 4.79 Å². The number of hydrogen-bond acceptors (Lipinski definition) is 3. The minimum Gasteiger partial charge on any atom is -0.496 e. The number of rotatable bonds is 13. The Balaban J connectivity index is 3.42. The third kappa shape index (κ3) is 6.85. The zero-order valence-corrected chi connectivity index (χ0v) is 18.6. The number of methoxy groups -OCH3 is 2. The standard InChI is InChI=1S/C25H38O3/c1-8-10-11-13-20-16-23(27-6)25(24(17-20)28-7)22(12-9-2)21(19(5)26)15-14-18(3)4/h9,12,16-17,21-22H,3,8,10-11,13-15H2,1-2,4-7H3/b12-9+. The van der Waals surface area contributed by atoms with Crippen LogP contribution in [0.15, 0.2) is 36.4 Å². The molecule has 2 atom stereocenters. The summed E-state index contributed by atoms with van der Waals surface area (Å²) in [6, 6.07) is 4.22. The highest BCUT2D eigenvalue weighted by Gasteiger charge is 2.30. The first-order chi connectivity index (χ1) is 13.4. The summed E-state index contributed by atoms with van der Waals surface area (Å²) in [4.78, 5) is 12.5. The van der Waals surface area contributed by atoms with Crippen LogP contribution in [0.4, 0.5) is 0 Å². The minimum atomic E-state index is -0.137. The van der Waals surface area contributed by atoms with E-state index in [4.69, 9.17) is 9.47 Å². The van der Waals surface area contributed by atoms with Gasteiger partial charge in [0.1, 0.15) is 17.3 Å². The summed E-state index contributed by atoms with van der Waals surface area (Å²) in [5, 5.41) is 0. The van der Waals surface area contributed by atoms with Crippen molar-refractivity contribution in [2.75, 3.05) is 14.2 Å². The van der Waals surface area contributed by atoms with Crippen LogP contribution < -0.4 is 9.47 Å². The molecule has 1 aromatic rings. The molecule has 1 aromatic carbocycles. The summed E-state index contributed by atoms with van der Waals surface area (Å²) in [5.41, 5.74) is 3.27. The molecule has 0 saturated carbocycles. The Kier molecular flexibility index (Phi) is 10.7. The molecule has 0 aromatic heterocycles. The van der Waals surface area contributed by atoms with Gasteiger partial charge in [-0.2, -0.15) is 0 Å². The maximum atomic E-state index is 12.5. The van der Waals surface area contributed by atoms with E-state index in [-0.39, 0.29) is 17.6 Å². The fourth-order valence-electron chi connectivity index (χ4n) is 3.72. The topological polar surface area (TPSA) is 35.5 Å². The van der Waals surface area contributed by atoms with Gasteiger partial charge in [-0.05, 0) is 64.2 Å². The molecular formula is C25H38O3. The fraction of sp³-hybridized carbons (Fsp3) is 0.560. The van der Waals surface area contributed by atoms with E-state index in [0.29, 0.717) is 0 Å². The summed E-state index contributed by atoms with van der Waals surface area (Å²) >= 11 is 0. The zero-order valence-electron chi connectivity index (χ0n) is 18.6. The Morgan fingerprint density at radius 1 is 1.14 bits per heavy atom. The Morgan fingerprint density at radius 2 is 1.75 bits per heavy atom. The lowest BCUT2D eigenvalue weighted by Gasteiger charge is -2.27. The predicted molar refractivity (Wildman–Crippen MR) is 119 cm³/mol. The van der Waals surface area contributed by atoms with Gasteiger partial charge in [0.05, 0.1) is 14.2 Å². The van der Waals surface area contributed by atoms with E-state index < -0.39 is 0 Å². The van der Waals surface area contributed by atoms with Crippen molar-refractivity contribution in [3.05, 3.63) is 47.6 Å². The fourth-order valence-corrected chi connectivity index (χ4v) is 3.72. The first-order valence-electron chi connectivity index (χ1n) is 10.4. The SMILES string of the molecule is C=C(C)CCC(C(C)=O)C(/C=C/C)c1c(OC)cc(CCCCC)cc1OC. The molecule has 0 bridgehead atoms. The summed E-state index contributed by atoms with van der Waals surface area (Å²) in [7, 11) is 3.38. The summed E-state index contributed by atoms with van der Waals surface area (Å²) in [6.07, 6.45) is 10.3. The van der Waals surface area contributed by atoms with Crippen molar-refractivity contribution in [3.63, 3.8) is 0 Å². The van der Waals surface area contributed by atoms with Crippen LogP contribution in [0, 0.1) is 5.92 Å². The van der Waals surface area contributed by atoms with E-state index in [1.807, 2.05) is 19.9 Å². The number of ketones is 1. The highest BCUT2D eigenvalue weighted by atomic mass is 16.5. The number of aryl methyl sites for hydroxylation is 1. The third-order valence-corrected chi connectivity index (χ3v) is 5.24. The lowest BCUT2D eigenvalue weighted by molar-refractivity contribution is -0.121. The van der Waals surface area contributed by atoms with Gasteiger partial charge in [0.15, 0.2) is 0 Å². The van der Waals surface area contributed by atoms with E-state index in [9.17, 15) is 4.79 Å². The molecular weight excluding hydrogens is 348 g/mol. The van der Waals surface area contributed by atoms with Crippen molar-refractivity contribution >= 4 is 5.78 Å². The Labute approximate surface area is 171 Å². The number of carbonyl (C=O) groups excluding carboxylic acids is 1. The Hall–Kier alpha value is -2.03. The summed E-state index contributed by atoms with van der Waals surface area (Å²) in [6.45, 7) is 11.9. The molecule has 0 radical (unpaired) electrons. The molecule has 1 rings (SSSR count). The van der Waals surface area contributed by atoms with Crippen LogP contribution in [-0.4, -0.2) is 20.0 Å². The summed E-state index contributed by atoms with van der Waals surface area (Å²) < 4.78 is 11.5. The zero-order chi connectivity index (χ0) is 21.1. The van der Waals surface area contributed by atoms with Crippen molar-refractivity contribution in [2.24, 2.45) is 5.92 Å². The Bertz CT molecular complexity index is 647. The number of Topliss-reactive ketones (excluding diaryl/α,β-unsaturated/α-hetero) is 1. The summed E-state index contributed by atoms with van der Waals surface area (Å²) in [5.74, 6) is 1.56. The molecule has 0 aliphatic carbocycles. The minimum absolute atomic E-state index is 0.0866. The molecule has 0 amide bonds. The number of carbonyl (C=O) groups is 1. The Morgan fingerprint density at radius 3 is 2.18 bits per heavy atom. The van der Waals surface area contributed by atoms with Crippen molar-refractivity contribution in [1.29, 1.82) is 0 Å².